The molecule has 0 aliphatic carbocycles. The SMILES string of the molecule is Cc1ccc(C2C(C)C(N3CCC(C(=O)NC(C)c4ccccc4)CC3)NS2(=O)=O)cc1C. The Labute approximate surface area is 197 Å². The molecule has 7 heteroatoms. The number of carbonyl (C=O) groups is 1. The van der Waals surface area contributed by atoms with Crippen LogP contribution in [0.3, 0.4) is 0 Å². The number of aryl methyl sites for hydroxylation is 2. The normalized spacial score (nSPS) is 26.7. The molecule has 0 spiro atoms. The lowest BCUT2D eigenvalue weighted by atomic mass is 9.91. The van der Waals surface area contributed by atoms with E-state index in [2.05, 4.69) is 14.9 Å². The first-order valence-electron chi connectivity index (χ1n) is 11.8. The van der Waals surface area contributed by atoms with Crippen LogP contribution in [0.5, 0.6) is 0 Å². The van der Waals surface area contributed by atoms with Gasteiger partial charge in [-0.15, -0.1) is 0 Å². The summed E-state index contributed by atoms with van der Waals surface area (Å²) >= 11 is 0. The molecule has 0 saturated carbocycles. The van der Waals surface area contributed by atoms with Crippen LogP contribution in [-0.4, -0.2) is 38.5 Å². The Hall–Kier alpha value is -2.22. The molecule has 1 amide bonds. The predicted molar refractivity (Wildman–Crippen MR) is 131 cm³/mol. The highest BCUT2D eigenvalue weighted by molar-refractivity contribution is 7.90. The first-order valence-corrected chi connectivity index (χ1v) is 13.4. The van der Waals surface area contributed by atoms with E-state index in [0.717, 1.165) is 35.1 Å². The van der Waals surface area contributed by atoms with Crippen LogP contribution in [0.1, 0.15) is 60.2 Å². The summed E-state index contributed by atoms with van der Waals surface area (Å²) in [6, 6.07) is 15.9. The third kappa shape index (κ3) is 5.00. The van der Waals surface area contributed by atoms with Gasteiger partial charge in [0.15, 0.2) is 0 Å². The fraction of sp³-hybridized carbons (Fsp3) is 0.500. The van der Waals surface area contributed by atoms with Gasteiger partial charge in [-0.2, -0.15) is 4.72 Å². The van der Waals surface area contributed by atoms with Crippen molar-refractivity contribution in [2.75, 3.05) is 13.1 Å². The van der Waals surface area contributed by atoms with E-state index < -0.39 is 15.3 Å². The molecular weight excluding hydrogens is 434 g/mol. The van der Waals surface area contributed by atoms with Gasteiger partial charge in [-0.1, -0.05) is 55.5 Å². The summed E-state index contributed by atoms with van der Waals surface area (Å²) in [5.74, 6) is -0.0454. The van der Waals surface area contributed by atoms with Crippen molar-refractivity contribution in [1.82, 2.24) is 14.9 Å². The van der Waals surface area contributed by atoms with Gasteiger partial charge in [-0.25, -0.2) is 8.42 Å². The van der Waals surface area contributed by atoms with Crippen LogP contribution in [-0.2, 0) is 14.8 Å². The predicted octanol–water partition coefficient (Wildman–Crippen LogP) is 3.83. The molecule has 0 radical (unpaired) electrons. The molecule has 2 aromatic carbocycles. The first kappa shape index (κ1) is 23.9. The molecule has 0 aromatic heterocycles. The van der Waals surface area contributed by atoms with Gasteiger partial charge in [0, 0.05) is 24.9 Å². The Kier molecular flexibility index (Phi) is 6.93. The maximum atomic E-state index is 13.0. The van der Waals surface area contributed by atoms with Gasteiger partial charge in [0.25, 0.3) is 0 Å². The van der Waals surface area contributed by atoms with E-state index in [0.29, 0.717) is 13.1 Å². The van der Waals surface area contributed by atoms with Crippen molar-refractivity contribution in [2.45, 2.75) is 58.0 Å². The molecule has 178 valence electrons. The van der Waals surface area contributed by atoms with Crippen LogP contribution >= 0.6 is 0 Å². The molecule has 33 heavy (non-hydrogen) atoms. The number of nitrogens with zero attached hydrogens (tertiary/aromatic N) is 1. The van der Waals surface area contributed by atoms with Crippen LogP contribution in [0.2, 0.25) is 0 Å². The van der Waals surface area contributed by atoms with Crippen molar-refractivity contribution in [1.29, 1.82) is 0 Å². The molecule has 2 saturated heterocycles. The van der Waals surface area contributed by atoms with Gasteiger partial charge >= 0.3 is 0 Å². The number of rotatable bonds is 5. The molecule has 2 fully saturated rings. The van der Waals surface area contributed by atoms with E-state index in [1.165, 1.54) is 0 Å². The van der Waals surface area contributed by atoms with E-state index in [1.807, 2.05) is 76.2 Å². The maximum absolute atomic E-state index is 13.0. The third-order valence-electron chi connectivity index (χ3n) is 7.41. The van der Waals surface area contributed by atoms with Gasteiger partial charge < -0.3 is 5.32 Å². The molecule has 4 atom stereocenters. The number of likely N-dealkylation sites (tertiary alicyclic amines) is 1. The maximum Gasteiger partial charge on any atom is 0.223 e. The van der Waals surface area contributed by atoms with E-state index in [4.69, 9.17) is 0 Å². The van der Waals surface area contributed by atoms with Crippen LogP contribution in [0.15, 0.2) is 48.5 Å². The van der Waals surface area contributed by atoms with Crippen LogP contribution in [0.25, 0.3) is 0 Å². The van der Waals surface area contributed by atoms with Crippen LogP contribution in [0.4, 0.5) is 0 Å². The summed E-state index contributed by atoms with van der Waals surface area (Å²) in [6.45, 7) is 9.48. The minimum Gasteiger partial charge on any atom is -0.349 e. The zero-order valence-corrected chi connectivity index (χ0v) is 20.7. The fourth-order valence-corrected chi connectivity index (χ4v) is 7.29. The number of piperidine rings is 1. The van der Waals surface area contributed by atoms with Gasteiger partial charge in [-0.3, -0.25) is 9.69 Å². The van der Waals surface area contributed by atoms with E-state index in [9.17, 15) is 13.2 Å². The Morgan fingerprint density at radius 3 is 2.36 bits per heavy atom. The highest BCUT2D eigenvalue weighted by Gasteiger charge is 2.48. The van der Waals surface area contributed by atoms with Crippen molar-refractivity contribution in [2.24, 2.45) is 11.8 Å². The molecule has 2 aliphatic heterocycles. The highest BCUT2D eigenvalue weighted by atomic mass is 32.2. The number of hydrogen-bond donors (Lipinski definition) is 2. The quantitative estimate of drug-likeness (QED) is 0.698. The topological polar surface area (TPSA) is 78.5 Å². The van der Waals surface area contributed by atoms with Crippen molar-refractivity contribution in [3.63, 3.8) is 0 Å². The summed E-state index contributed by atoms with van der Waals surface area (Å²) in [7, 11) is -3.46. The number of hydrogen-bond acceptors (Lipinski definition) is 4. The zero-order chi connectivity index (χ0) is 23.8. The second-order valence-corrected chi connectivity index (χ2v) is 11.5. The van der Waals surface area contributed by atoms with Gasteiger partial charge in [0.05, 0.1) is 12.2 Å². The monoisotopic (exact) mass is 469 g/mol. The Bertz CT molecular complexity index is 1100. The van der Waals surface area contributed by atoms with Gasteiger partial charge in [0.2, 0.25) is 15.9 Å². The summed E-state index contributed by atoms with van der Waals surface area (Å²) in [5, 5.41) is 2.58. The minimum absolute atomic E-state index is 0.0304. The molecule has 0 bridgehead atoms. The molecule has 4 rings (SSSR count). The molecular formula is C26H35N3O3S. The lowest BCUT2D eigenvalue weighted by Gasteiger charge is -2.37. The van der Waals surface area contributed by atoms with Gasteiger partial charge in [0.1, 0.15) is 5.25 Å². The summed E-state index contributed by atoms with van der Waals surface area (Å²) in [5.41, 5.74) is 4.21. The number of amides is 1. The first-order chi connectivity index (χ1) is 15.7. The Balaban J connectivity index is 1.38. The molecule has 2 aromatic rings. The minimum atomic E-state index is -3.46. The van der Waals surface area contributed by atoms with E-state index >= 15 is 0 Å². The second-order valence-electron chi connectivity index (χ2n) is 9.68. The third-order valence-corrected chi connectivity index (χ3v) is 9.35. The Morgan fingerprint density at radius 2 is 1.73 bits per heavy atom. The lowest BCUT2D eigenvalue weighted by Crippen LogP contribution is -2.50. The van der Waals surface area contributed by atoms with Crippen molar-refractivity contribution in [3.8, 4) is 0 Å². The van der Waals surface area contributed by atoms with Crippen molar-refractivity contribution < 1.29 is 13.2 Å². The summed E-state index contributed by atoms with van der Waals surface area (Å²) in [6.07, 6.45) is 1.22. The van der Waals surface area contributed by atoms with E-state index in [1.54, 1.807) is 0 Å². The number of benzene rings is 2. The molecule has 2 aliphatic rings. The standard InChI is InChI=1S/C26H35N3O3S/c1-17-10-11-23(16-18(17)2)24-19(3)25(28-33(24,31)32)29-14-12-22(13-15-29)26(30)27-20(4)21-8-6-5-7-9-21/h5-11,16,19-20,22,24-25,28H,12-15H2,1-4H3,(H,27,30). The number of nitrogens with one attached hydrogen (secondary N) is 2. The smallest absolute Gasteiger partial charge is 0.223 e. The highest BCUT2D eigenvalue weighted by Crippen LogP contribution is 2.40. The molecule has 4 unspecified atom stereocenters. The second kappa shape index (κ2) is 9.57. The van der Waals surface area contributed by atoms with Gasteiger partial charge in [-0.05, 0) is 55.9 Å². The Morgan fingerprint density at radius 1 is 1.06 bits per heavy atom. The number of sulfonamides is 1. The summed E-state index contributed by atoms with van der Waals surface area (Å²) < 4.78 is 29.0. The average molecular weight is 470 g/mol. The van der Waals surface area contributed by atoms with Crippen LogP contribution in [0, 0.1) is 25.7 Å². The largest absolute Gasteiger partial charge is 0.349 e. The molecule has 6 nitrogen and oxygen atoms in total. The number of carbonyl (C=O) groups excluding carboxylic acids is 1. The van der Waals surface area contributed by atoms with Crippen molar-refractivity contribution in [3.05, 3.63) is 70.8 Å². The average Bonchev–Trinajstić information content (AvgIpc) is 3.05. The summed E-state index contributed by atoms with van der Waals surface area (Å²) in [4.78, 5) is 15.0. The van der Waals surface area contributed by atoms with E-state index in [-0.39, 0.29) is 30.0 Å². The molecule has 2 N–H and O–H groups in total. The fourth-order valence-electron chi connectivity index (χ4n) is 5.22. The van der Waals surface area contributed by atoms with Crippen molar-refractivity contribution >= 4 is 15.9 Å². The molecule has 2 heterocycles. The lowest BCUT2D eigenvalue weighted by molar-refractivity contribution is -0.127. The van der Waals surface area contributed by atoms with Crippen LogP contribution < -0.4 is 10.0 Å². The zero-order valence-electron chi connectivity index (χ0n) is 19.9.